The summed E-state index contributed by atoms with van der Waals surface area (Å²) in [4.78, 5) is 23.1. The number of amides is 1. The highest BCUT2D eigenvalue weighted by molar-refractivity contribution is 7.98. The molecule has 0 aliphatic carbocycles. The lowest BCUT2D eigenvalue weighted by Crippen LogP contribution is -2.41. The van der Waals surface area contributed by atoms with Gasteiger partial charge in [0.15, 0.2) is 0 Å². The first kappa shape index (κ1) is 17.4. The van der Waals surface area contributed by atoms with Gasteiger partial charge in [-0.1, -0.05) is 19.1 Å². The lowest BCUT2D eigenvalue weighted by atomic mass is 9.97. The van der Waals surface area contributed by atoms with Crippen molar-refractivity contribution in [3.8, 4) is 0 Å². The summed E-state index contributed by atoms with van der Waals surface area (Å²) in [7, 11) is 0. The number of nitrogens with one attached hydrogen (secondary N) is 1. The minimum atomic E-state index is -0.988. The van der Waals surface area contributed by atoms with Crippen molar-refractivity contribution in [3.63, 3.8) is 0 Å². The fourth-order valence-corrected chi connectivity index (χ4v) is 2.44. The molecule has 4 N–H and O–H groups in total. The Hall–Kier alpha value is -1.69. The molecular weight excluding hydrogens is 288 g/mol. The lowest BCUT2D eigenvalue weighted by Gasteiger charge is -2.16. The number of nitrogens with two attached hydrogens (primary N) is 1. The van der Waals surface area contributed by atoms with Gasteiger partial charge in [0.2, 0.25) is 5.91 Å². The number of carbonyl (C=O) groups excluding carboxylic acids is 1. The molecule has 0 spiro atoms. The van der Waals surface area contributed by atoms with E-state index in [1.54, 1.807) is 23.9 Å². The van der Waals surface area contributed by atoms with Crippen molar-refractivity contribution in [2.45, 2.75) is 31.7 Å². The highest BCUT2D eigenvalue weighted by atomic mass is 32.2. The molecule has 0 fully saturated rings. The molecule has 1 aromatic rings. The number of aliphatic carboxylic acids is 1. The Morgan fingerprint density at radius 1 is 1.33 bits per heavy atom. The molecule has 21 heavy (non-hydrogen) atoms. The second-order valence-electron chi connectivity index (χ2n) is 5.01. The topological polar surface area (TPSA) is 92.4 Å². The first-order valence-corrected chi connectivity index (χ1v) is 8.20. The Balaban J connectivity index is 2.54. The van der Waals surface area contributed by atoms with Gasteiger partial charge in [0.1, 0.15) is 6.04 Å². The maximum absolute atomic E-state index is 12.0. The number of anilines is 1. The summed E-state index contributed by atoms with van der Waals surface area (Å²) in [6.07, 6.45) is 2.59. The second kappa shape index (κ2) is 8.56. The van der Waals surface area contributed by atoms with Crippen LogP contribution in [0.2, 0.25) is 0 Å². The lowest BCUT2D eigenvalue weighted by molar-refractivity contribution is -0.141. The summed E-state index contributed by atoms with van der Waals surface area (Å²) < 4.78 is 0. The highest BCUT2D eigenvalue weighted by Gasteiger charge is 2.20. The molecule has 0 heterocycles. The van der Waals surface area contributed by atoms with Crippen molar-refractivity contribution in [3.05, 3.63) is 29.8 Å². The largest absolute Gasteiger partial charge is 0.480 e. The molecular formula is C15H22N2O3S. The normalized spacial score (nSPS) is 13.4. The molecule has 1 rings (SSSR count). The Bertz CT molecular complexity index is 476. The van der Waals surface area contributed by atoms with Gasteiger partial charge in [-0.2, -0.15) is 11.8 Å². The smallest absolute Gasteiger partial charge is 0.326 e. The van der Waals surface area contributed by atoms with Crippen LogP contribution < -0.4 is 11.1 Å². The number of carboxylic acids is 1. The molecule has 0 saturated heterocycles. The summed E-state index contributed by atoms with van der Waals surface area (Å²) in [6, 6.07) is 6.54. The van der Waals surface area contributed by atoms with E-state index in [-0.39, 0.29) is 18.2 Å². The molecule has 1 amide bonds. The van der Waals surface area contributed by atoms with Crippen molar-refractivity contribution in [1.82, 2.24) is 5.32 Å². The number of rotatable bonds is 8. The number of nitrogen functional groups attached to an aromatic ring is 1. The zero-order valence-corrected chi connectivity index (χ0v) is 13.2. The van der Waals surface area contributed by atoms with Gasteiger partial charge >= 0.3 is 5.97 Å². The average Bonchev–Trinajstić information content (AvgIpc) is 2.43. The molecule has 6 heteroatoms. The van der Waals surface area contributed by atoms with E-state index in [4.69, 9.17) is 10.8 Å². The van der Waals surface area contributed by atoms with Crippen LogP contribution in [0.15, 0.2) is 24.3 Å². The van der Waals surface area contributed by atoms with Crippen LogP contribution in [-0.4, -0.2) is 35.0 Å². The third kappa shape index (κ3) is 6.08. The van der Waals surface area contributed by atoms with Gasteiger partial charge in [0.05, 0.1) is 0 Å². The van der Waals surface area contributed by atoms with Gasteiger partial charge in [-0.15, -0.1) is 0 Å². The molecule has 0 saturated carbocycles. The van der Waals surface area contributed by atoms with Crippen LogP contribution in [-0.2, 0) is 9.59 Å². The van der Waals surface area contributed by atoms with E-state index in [1.807, 2.05) is 25.3 Å². The molecule has 5 nitrogen and oxygen atoms in total. The van der Waals surface area contributed by atoms with E-state index < -0.39 is 12.0 Å². The number of benzene rings is 1. The third-order valence-electron chi connectivity index (χ3n) is 3.24. The maximum atomic E-state index is 12.0. The maximum Gasteiger partial charge on any atom is 0.326 e. The van der Waals surface area contributed by atoms with Gasteiger partial charge in [-0.05, 0) is 42.0 Å². The number of hydrogen-bond donors (Lipinski definition) is 3. The monoisotopic (exact) mass is 310 g/mol. The number of carbonyl (C=O) groups is 2. The van der Waals surface area contributed by atoms with Crippen molar-refractivity contribution in [2.24, 2.45) is 0 Å². The van der Waals surface area contributed by atoms with Gasteiger partial charge in [-0.25, -0.2) is 4.79 Å². The third-order valence-corrected chi connectivity index (χ3v) is 3.88. The second-order valence-corrected chi connectivity index (χ2v) is 6.00. The minimum Gasteiger partial charge on any atom is -0.480 e. The zero-order valence-electron chi connectivity index (χ0n) is 12.3. The van der Waals surface area contributed by atoms with Gasteiger partial charge < -0.3 is 16.2 Å². The molecule has 0 aromatic heterocycles. The highest BCUT2D eigenvalue weighted by Crippen LogP contribution is 2.20. The molecule has 2 atom stereocenters. The van der Waals surface area contributed by atoms with Crippen molar-refractivity contribution in [2.75, 3.05) is 17.7 Å². The zero-order chi connectivity index (χ0) is 15.8. The summed E-state index contributed by atoms with van der Waals surface area (Å²) in [5.74, 6) is -0.518. The van der Waals surface area contributed by atoms with Crippen LogP contribution in [0.5, 0.6) is 0 Å². The fourth-order valence-electron chi connectivity index (χ4n) is 1.97. The Kier molecular flexibility index (Phi) is 7.08. The molecule has 116 valence electrons. The van der Waals surface area contributed by atoms with Crippen LogP contribution in [0.1, 0.15) is 31.2 Å². The van der Waals surface area contributed by atoms with E-state index >= 15 is 0 Å². The number of thioether (sulfide) groups is 1. The quantitative estimate of drug-likeness (QED) is 0.639. The Morgan fingerprint density at radius 3 is 2.48 bits per heavy atom. The van der Waals surface area contributed by atoms with Crippen LogP contribution >= 0.6 is 11.8 Å². The Labute approximate surface area is 129 Å². The van der Waals surface area contributed by atoms with Crippen LogP contribution in [0, 0.1) is 0 Å². The van der Waals surface area contributed by atoms with E-state index in [0.29, 0.717) is 17.9 Å². The summed E-state index contributed by atoms with van der Waals surface area (Å²) in [5, 5.41) is 11.7. The van der Waals surface area contributed by atoms with E-state index in [2.05, 4.69) is 5.32 Å². The summed E-state index contributed by atoms with van der Waals surface area (Å²) >= 11 is 1.56. The number of carboxylic acid groups (broad SMARTS) is 1. The van der Waals surface area contributed by atoms with Crippen molar-refractivity contribution >= 4 is 29.3 Å². The molecule has 0 aliphatic heterocycles. The van der Waals surface area contributed by atoms with Crippen LogP contribution in [0.4, 0.5) is 5.69 Å². The van der Waals surface area contributed by atoms with Crippen LogP contribution in [0.25, 0.3) is 0 Å². The van der Waals surface area contributed by atoms with E-state index in [0.717, 1.165) is 5.56 Å². The summed E-state index contributed by atoms with van der Waals surface area (Å²) in [6.45, 7) is 1.93. The standard InChI is InChI=1S/C15H22N2O3S/c1-10(11-3-5-12(16)6-4-11)9-14(18)17-13(15(19)20)7-8-21-2/h3-6,10,13H,7-9,16H2,1-2H3,(H,17,18)(H,19,20)/t10?,13-/m0/s1. The van der Waals surface area contributed by atoms with Gasteiger partial charge in [-0.3, -0.25) is 4.79 Å². The first-order valence-electron chi connectivity index (χ1n) is 6.80. The molecule has 1 unspecified atom stereocenters. The first-order chi connectivity index (χ1) is 9.93. The predicted octanol–water partition coefficient (Wildman–Crippen LogP) is 2.08. The molecule has 1 aromatic carbocycles. The SMILES string of the molecule is CSCC[C@H](NC(=O)CC(C)c1ccc(N)cc1)C(=O)O. The van der Waals surface area contributed by atoms with E-state index in [1.165, 1.54) is 0 Å². The average molecular weight is 310 g/mol. The fraction of sp³-hybridized carbons (Fsp3) is 0.467. The molecule has 0 radical (unpaired) electrons. The number of hydrogen-bond acceptors (Lipinski definition) is 4. The predicted molar refractivity (Wildman–Crippen MR) is 86.5 cm³/mol. The molecule has 0 bridgehead atoms. The van der Waals surface area contributed by atoms with Gasteiger partial charge in [0, 0.05) is 12.1 Å². The molecule has 0 aliphatic rings. The van der Waals surface area contributed by atoms with Crippen molar-refractivity contribution in [1.29, 1.82) is 0 Å². The van der Waals surface area contributed by atoms with E-state index in [9.17, 15) is 9.59 Å². The summed E-state index contributed by atoms with van der Waals surface area (Å²) in [5.41, 5.74) is 7.32. The Morgan fingerprint density at radius 2 is 1.95 bits per heavy atom. The van der Waals surface area contributed by atoms with Crippen molar-refractivity contribution < 1.29 is 14.7 Å². The van der Waals surface area contributed by atoms with Crippen LogP contribution in [0.3, 0.4) is 0 Å². The van der Waals surface area contributed by atoms with Gasteiger partial charge in [0.25, 0.3) is 0 Å². The minimum absolute atomic E-state index is 0.0144.